The minimum Gasteiger partial charge on any atom is -0.467 e. The Morgan fingerprint density at radius 3 is 2.86 bits per heavy atom. The third-order valence-corrected chi connectivity index (χ3v) is 4.44. The topological polar surface area (TPSA) is 75.6 Å². The van der Waals surface area contributed by atoms with Gasteiger partial charge in [-0.2, -0.15) is 0 Å². The number of amides is 1. The van der Waals surface area contributed by atoms with Crippen molar-refractivity contribution in [1.82, 2.24) is 5.32 Å². The molecule has 0 fully saturated rings. The van der Waals surface area contributed by atoms with Gasteiger partial charge in [0, 0.05) is 4.90 Å². The molecule has 0 saturated heterocycles. The molecular weight excluding hydrogens is 290 g/mol. The number of methoxy groups -OCH3 is 1. The Hall–Kier alpha value is -1.53. The molecular formula is C15H19NO4S. The normalized spacial score (nSPS) is 14.4. The van der Waals surface area contributed by atoms with Crippen molar-refractivity contribution < 1.29 is 19.4 Å². The number of carbonyl (C=O) groups excluding carboxylic acids is 2. The first-order valence-corrected chi connectivity index (χ1v) is 7.85. The van der Waals surface area contributed by atoms with E-state index in [1.165, 1.54) is 36.4 Å². The third-order valence-electron chi connectivity index (χ3n) is 3.44. The van der Waals surface area contributed by atoms with Crippen molar-refractivity contribution in [3.8, 4) is 0 Å². The van der Waals surface area contributed by atoms with Gasteiger partial charge in [0.15, 0.2) is 6.04 Å². The molecule has 114 valence electrons. The number of benzene rings is 1. The van der Waals surface area contributed by atoms with Crippen LogP contribution in [-0.4, -0.2) is 42.5 Å². The number of aryl methyl sites for hydroxylation is 2. The Kier molecular flexibility index (Phi) is 5.64. The summed E-state index contributed by atoms with van der Waals surface area (Å²) in [7, 11) is 1.22. The highest BCUT2D eigenvalue weighted by Gasteiger charge is 2.20. The maximum absolute atomic E-state index is 11.8. The van der Waals surface area contributed by atoms with Crippen LogP contribution >= 0.6 is 11.8 Å². The van der Waals surface area contributed by atoms with E-state index in [1.807, 2.05) is 6.07 Å². The summed E-state index contributed by atoms with van der Waals surface area (Å²) in [5.74, 6) is -0.745. The zero-order valence-corrected chi connectivity index (χ0v) is 12.7. The summed E-state index contributed by atoms with van der Waals surface area (Å²) in [6.07, 6.45) is 3.43. The first-order chi connectivity index (χ1) is 10.1. The Labute approximate surface area is 128 Å². The van der Waals surface area contributed by atoms with Crippen LogP contribution in [0.2, 0.25) is 0 Å². The lowest BCUT2D eigenvalue weighted by atomic mass is 10.1. The number of esters is 1. The van der Waals surface area contributed by atoms with Gasteiger partial charge < -0.3 is 15.2 Å². The SMILES string of the molecule is COC(=O)C(CO)NC(=O)CSc1ccc2c(c1)CCC2. The summed E-state index contributed by atoms with van der Waals surface area (Å²) < 4.78 is 4.50. The molecule has 0 aromatic heterocycles. The van der Waals surface area contributed by atoms with Crippen LogP contribution in [0.1, 0.15) is 17.5 Å². The lowest BCUT2D eigenvalue weighted by molar-refractivity contribution is -0.145. The Morgan fingerprint density at radius 2 is 2.14 bits per heavy atom. The molecule has 1 unspecified atom stereocenters. The van der Waals surface area contributed by atoms with E-state index in [9.17, 15) is 9.59 Å². The molecule has 0 aliphatic heterocycles. The molecule has 0 saturated carbocycles. The van der Waals surface area contributed by atoms with Gasteiger partial charge in [-0.05, 0) is 42.5 Å². The van der Waals surface area contributed by atoms with E-state index < -0.39 is 18.6 Å². The summed E-state index contributed by atoms with van der Waals surface area (Å²) in [5.41, 5.74) is 2.76. The van der Waals surface area contributed by atoms with Crippen molar-refractivity contribution >= 4 is 23.6 Å². The molecule has 21 heavy (non-hydrogen) atoms. The second-order valence-corrected chi connectivity index (χ2v) is 5.95. The van der Waals surface area contributed by atoms with Crippen LogP contribution in [0.25, 0.3) is 0 Å². The number of rotatable bonds is 6. The quantitative estimate of drug-likeness (QED) is 0.604. The average Bonchev–Trinajstić information content (AvgIpc) is 2.97. The van der Waals surface area contributed by atoms with E-state index in [2.05, 4.69) is 22.2 Å². The number of carbonyl (C=O) groups is 2. The molecule has 0 radical (unpaired) electrons. The Bertz CT molecular complexity index is 532. The number of thioether (sulfide) groups is 1. The predicted molar refractivity (Wildman–Crippen MR) is 80.2 cm³/mol. The van der Waals surface area contributed by atoms with Crippen molar-refractivity contribution in [2.75, 3.05) is 19.5 Å². The smallest absolute Gasteiger partial charge is 0.330 e. The molecule has 6 heteroatoms. The number of ether oxygens (including phenoxy) is 1. The van der Waals surface area contributed by atoms with Gasteiger partial charge in [-0.1, -0.05) is 6.07 Å². The van der Waals surface area contributed by atoms with Crippen LogP contribution in [0.3, 0.4) is 0 Å². The zero-order valence-electron chi connectivity index (χ0n) is 11.9. The van der Waals surface area contributed by atoms with Crippen LogP contribution < -0.4 is 5.32 Å². The highest BCUT2D eigenvalue weighted by atomic mass is 32.2. The maximum atomic E-state index is 11.8. The van der Waals surface area contributed by atoms with Crippen molar-refractivity contribution in [1.29, 1.82) is 0 Å². The zero-order chi connectivity index (χ0) is 15.2. The van der Waals surface area contributed by atoms with E-state index in [1.54, 1.807) is 0 Å². The van der Waals surface area contributed by atoms with E-state index >= 15 is 0 Å². The maximum Gasteiger partial charge on any atom is 0.330 e. The van der Waals surface area contributed by atoms with Crippen LogP contribution in [-0.2, 0) is 27.2 Å². The van der Waals surface area contributed by atoms with Gasteiger partial charge in [-0.3, -0.25) is 4.79 Å². The summed E-state index contributed by atoms with van der Waals surface area (Å²) in [6.45, 7) is -0.470. The molecule has 1 aliphatic rings. The van der Waals surface area contributed by atoms with Crippen LogP contribution in [0.4, 0.5) is 0 Å². The number of fused-ring (bicyclic) bond motifs is 1. The van der Waals surface area contributed by atoms with E-state index in [0.29, 0.717) is 0 Å². The number of aliphatic hydroxyl groups excluding tert-OH is 1. The van der Waals surface area contributed by atoms with Crippen molar-refractivity contribution in [2.45, 2.75) is 30.2 Å². The lowest BCUT2D eigenvalue weighted by Gasteiger charge is -2.13. The third kappa shape index (κ3) is 4.22. The summed E-state index contributed by atoms with van der Waals surface area (Å²) >= 11 is 1.42. The van der Waals surface area contributed by atoms with Gasteiger partial charge in [-0.25, -0.2) is 4.79 Å². The molecule has 0 heterocycles. The summed E-state index contributed by atoms with van der Waals surface area (Å²) in [4.78, 5) is 24.1. The van der Waals surface area contributed by atoms with Crippen molar-refractivity contribution in [3.05, 3.63) is 29.3 Å². The van der Waals surface area contributed by atoms with Gasteiger partial charge in [0.1, 0.15) is 0 Å². The minimum atomic E-state index is -0.997. The highest BCUT2D eigenvalue weighted by molar-refractivity contribution is 8.00. The molecule has 1 aromatic rings. The summed E-state index contributed by atoms with van der Waals surface area (Å²) in [6, 6.07) is 5.27. The molecule has 1 aliphatic carbocycles. The monoisotopic (exact) mass is 309 g/mol. The first-order valence-electron chi connectivity index (χ1n) is 6.86. The van der Waals surface area contributed by atoms with Crippen LogP contribution in [0, 0.1) is 0 Å². The minimum absolute atomic E-state index is 0.201. The van der Waals surface area contributed by atoms with E-state index in [-0.39, 0.29) is 11.7 Å². The molecule has 0 bridgehead atoms. The second-order valence-electron chi connectivity index (χ2n) is 4.90. The number of aliphatic hydroxyl groups is 1. The van der Waals surface area contributed by atoms with Crippen LogP contribution in [0.15, 0.2) is 23.1 Å². The van der Waals surface area contributed by atoms with Gasteiger partial charge in [0.2, 0.25) is 5.91 Å². The van der Waals surface area contributed by atoms with Gasteiger partial charge in [0.25, 0.3) is 0 Å². The fourth-order valence-electron chi connectivity index (χ4n) is 2.34. The summed E-state index contributed by atoms with van der Waals surface area (Å²) in [5, 5.41) is 11.5. The number of nitrogens with one attached hydrogen (secondary N) is 1. The van der Waals surface area contributed by atoms with E-state index in [4.69, 9.17) is 5.11 Å². The van der Waals surface area contributed by atoms with Gasteiger partial charge in [-0.15, -0.1) is 11.8 Å². The highest BCUT2D eigenvalue weighted by Crippen LogP contribution is 2.27. The van der Waals surface area contributed by atoms with Crippen molar-refractivity contribution in [3.63, 3.8) is 0 Å². The Balaban J connectivity index is 1.85. The molecule has 1 aromatic carbocycles. The number of hydrogen-bond acceptors (Lipinski definition) is 5. The average molecular weight is 309 g/mol. The molecule has 0 spiro atoms. The fraction of sp³-hybridized carbons (Fsp3) is 0.467. The first kappa shape index (κ1) is 15.9. The molecule has 1 atom stereocenters. The second kappa shape index (κ2) is 7.47. The van der Waals surface area contributed by atoms with Crippen molar-refractivity contribution in [2.24, 2.45) is 0 Å². The standard InChI is InChI=1S/C15H19NO4S/c1-20-15(19)13(8-17)16-14(18)9-21-12-6-5-10-3-2-4-11(10)7-12/h5-7,13,17H,2-4,8-9H2,1H3,(H,16,18). The molecule has 1 amide bonds. The van der Waals surface area contributed by atoms with Crippen LogP contribution in [0.5, 0.6) is 0 Å². The molecule has 2 N–H and O–H groups in total. The van der Waals surface area contributed by atoms with Gasteiger partial charge in [0.05, 0.1) is 19.5 Å². The fourth-order valence-corrected chi connectivity index (χ4v) is 3.12. The molecule has 5 nitrogen and oxygen atoms in total. The van der Waals surface area contributed by atoms with E-state index in [0.717, 1.165) is 17.7 Å². The predicted octanol–water partition coefficient (Wildman–Crippen LogP) is 0.917. The number of hydrogen-bond donors (Lipinski definition) is 2. The lowest BCUT2D eigenvalue weighted by Crippen LogP contribution is -2.44. The Morgan fingerprint density at radius 1 is 1.38 bits per heavy atom. The van der Waals surface area contributed by atoms with Gasteiger partial charge >= 0.3 is 5.97 Å². The largest absolute Gasteiger partial charge is 0.467 e. The molecule has 2 rings (SSSR count).